The zero-order valence-corrected chi connectivity index (χ0v) is 15.9. The van der Waals surface area contributed by atoms with Gasteiger partial charge in [-0.2, -0.15) is 4.98 Å². The molecule has 9 nitrogen and oxygen atoms in total. The molecule has 0 aliphatic carbocycles. The highest BCUT2D eigenvalue weighted by Crippen LogP contribution is 2.25. The molecule has 1 fully saturated rings. The molecule has 0 spiro atoms. The fraction of sp³-hybridized carbons (Fsp3) is 0.368. The van der Waals surface area contributed by atoms with Gasteiger partial charge in [-0.05, 0) is 31.0 Å². The van der Waals surface area contributed by atoms with Gasteiger partial charge in [-0.25, -0.2) is 9.37 Å². The van der Waals surface area contributed by atoms with Crippen molar-refractivity contribution >= 4 is 23.5 Å². The minimum atomic E-state index is -0.845. The number of anilines is 2. The first-order valence-electron chi connectivity index (χ1n) is 9.09. The molecule has 1 aromatic heterocycles. The molecule has 0 radical (unpaired) electrons. The third-order valence-electron chi connectivity index (χ3n) is 4.75. The molecule has 0 saturated carbocycles. The number of aromatic nitrogens is 2. The average molecular weight is 403 g/mol. The monoisotopic (exact) mass is 403 g/mol. The second kappa shape index (κ2) is 8.82. The molecular formula is C19H22FN5O4. The number of piperidine rings is 1. The summed E-state index contributed by atoms with van der Waals surface area (Å²) in [4.78, 5) is 33.7. The summed E-state index contributed by atoms with van der Waals surface area (Å²) < 4.78 is 18.7. The van der Waals surface area contributed by atoms with Crippen LogP contribution < -0.4 is 15.8 Å². The number of ether oxygens (including phenoxy) is 1. The maximum atomic E-state index is 13.6. The van der Waals surface area contributed by atoms with Gasteiger partial charge in [0.25, 0.3) is 0 Å². The number of benzene rings is 1. The molecule has 10 heteroatoms. The predicted molar refractivity (Wildman–Crippen MR) is 104 cm³/mol. The topological polar surface area (TPSA) is 131 Å². The molecule has 154 valence electrons. The van der Waals surface area contributed by atoms with Crippen LogP contribution in [0.2, 0.25) is 0 Å². The lowest BCUT2D eigenvalue weighted by molar-refractivity contribution is -0.138. The van der Waals surface area contributed by atoms with Crippen LogP contribution in [0.1, 0.15) is 28.8 Å². The van der Waals surface area contributed by atoms with Crippen LogP contribution >= 0.6 is 0 Å². The van der Waals surface area contributed by atoms with Crippen molar-refractivity contribution in [2.45, 2.75) is 18.9 Å². The minimum absolute atomic E-state index is 0.0243. The molecule has 0 atom stereocenters. The molecule has 0 amide bonds. The first-order valence-corrected chi connectivity index (χ1v) is 9.09. The number of nitrogens with zero attached hydrogens (tertiary/aromatic N) is 3. The number of ketones is 1. The van der Waals surface area contributed by atoms with Crippen LogP contribution in [0.4, 0.5) is 16.2 Å². The molecular weight excluding hydrogens is 381 g/mol. The lowest BCUT2D eigenvalue weighted by Crippen LogP contribution is -2.41. The van der Waals surface area contributed by atoms with Gasteiger partial charge < -0.3 is 20.9 Å². The summed E-state index contributed by atoms with van der Waals surface area (Å²) in [5, 5.41) is 12.0. The molecule has 0 bridgehead atoms. The van der Waals surface area contributed by atoms with E-state index in [2.05, 4.69) is 15.3 Å². The number of carbonyl (C=O) groups excluding carboxylic acids is 1. The highest BCUT2D eigenvalue weighted by molar-refractivity contribution is 6.13. The number of carboxylic acids is 1. The summed E-state index contributed by atoms with van der Waals surface area (Å²) in [6, 6.07) is 3.72. The summed E-state index contributed by atoms with van der Waals surface area (Å²) in [6.07, 6.45) is 2.77. The Morgan fingerprint density at radius 3 is 2.69 bits per heavy atom. The molecule has 29 heavy (non-hydrogen) atoms. The van der Waals surface area contributed by atoms with Gasteiger partial charge >= 0.3 is 5.97 Å². The maximum Gasteiger partial charge on any atom is 0.317 e. The Hall–Kier alpha value is -3.27. The van der Waals surface area contributed by atoms with E-state index in [4.69, 9.17) is 15.6 Å². The van der Waals surface area contributed by atoms with Crippen LogP contribution in [0.15, 0.2) is 24.4 Å². The van der Waals surface area contributed by atoms with Crippen molar-refractivity contribution in [1.29, 1.82) is 0 Å². The highest BCUT2D eigenvalue weighted by Gasteiger charge is 2.23. The van der Waals surface area contributed by atoms with Gasteiger partial charge in [-0.1, -0.05) is 0 Å². The van der Waals surface area contributed by atoms with Gasteiger partial charge in [0.2, 0.25) is 11.7 Å². The van der Waals surface area contributed by atoms with Crippen molar-refractivity contribution in [2.75, 3.05) is 37.8 Å². The Labute approximate surface area is 166 Å². The van der Waals surface area contributed by atoms with Crippen LogP contribution in [-0.4, -0.2) is 64.5 Å². The van der Waals surface area contributed by atoms with Crippen molar-refractivity contribution in [3.05, 3.63) is 41.3 Å². The second-order valence-electron chi connectivity index (χ2n) is 6.75. The van der Waals surface area contributed by atoms with Gasteiger partial charge in [0.05, 0.1) is 24.8 Å². The Balaban J connectivity index is 1.69. The number of carbonyl (C=O) groups is 2. The summed E-state index contributed by atoms with van der Waals surface area (Å²) in [6.45, 7) is 1.32. The molecule has 0 unspecified atom stereocenters. The zero-order valence-electron chi connectivity index (χ0n) is 15.9. The first kappa shape index (κ1) is 20.5. The number of hydrogen-bond acceptors (Lipinski definition) is 8. The van der Waals surface area contributed by atoms with Gasteiger partial charge in [-0.3, -0.25) is 14.5 Å². The summed E-state index contributed by atoms with van der Waals surface area (Å²) in [5.41, 5.74) is 6.04. The second-order valence-corrected chi connectivity index (χ2v) is 6.75. The molecule has 1 saturated heterocycles. The Bertz CT molecular complexity index is 915. The van der Waals surface area contributed by atoms with Crippen molar-refractivity contribution in [2.24, 2.45) is 0 Å². The van der Waals surface area contributed by atoms with Gasteiger partial charge in [0.1, 0.15) is 17.4 Å². The number of nitrogens with one attached hydrogen (secondary N) is 1. The van der Waals surface area contributed by atoms with Crippen LogP contribution in [0.5, 0.6) is 5.75 Å². The number of rotatable bonds is 7. The predicted octanol–water partition coefficient (Wildman–Crippen LogP) is 1.40. The van der Waals surface area contributed by atoms with Crippen LogP contribution in [-0.2, 0) is 4.79 Å². The third kappa shape index (κ3) is 4.96. The molecule has 1 aliphatic heterocycles. The summed E-state index contributed by atoms with van der Waals surface area (Å²) >= 11 is 0. The third-order valence-corrected chi connectivity index (χ3v) is 4.75. The first-order chi connectivity index (χ1) is 13.9. The van der Waals surface area contributed by atoms with E-state index in [1.54, 1.807) is 0 Å². The van der Waals surface area contributed by atoms with Crippen molar-refractivity contribution in [3.8, 4) is 5.75 Å². The Morgan fingerprint density at radius 1 is 1.34 bits per heavy atom. The van der Waals surface area contributed by atoms with E-state index in [1.165, 1.54) is 25.4 Å². The number of nitrogens with two attached hydrogens (primary N) is 1. The number of nitrogen functional groups attached to an aromatic ring is 1. The van der Waals surface area contributed by atoms with E-state index < -0.39 is 17.6 Å². The van der Waals surface area contributed by atoms with E-state index >= 15 is 0 Å². The standard InChI is InChI=1S/C19H22FN5O4/c1-29-15-3-2-11(20)8-13(15)17(28)14-9-22-19(24-18(14)21)23-12-4-6-25(7-5-12)10-16(26)27/h2-3,8-9,12H,4-7,10H2,1H3,(H,26,27)(H3,21,22,23,24). The quantitative estimate of drug-likeness (QED) is 0.587. The zero-order chi connectivity index (χ0) is 21.0. The van der Waals surface area contributed by atoms with Gasteiger partial charge in [-0.15, -0.1) is 0 Å². The summed E-state index contributed by atoms with van der Waals surface area (Å²) in [7, 11) is 1.39. The molecule has 2 heterocycles. The highest BCUT2D eigenvalue weighted by atomic mass is 19.1. The van der Waals surface area contributed by atoms with Crippen molar-refractivity contribution in [3.63, 3.8) is 0 Å². The fourth-order valence-electron chi connectivity index (χ4n) is 3.25. The molecule has 1 aliphatic rings. The number of hydrogen-bond donors (Lipinski definition) is 3. The Kier molecular flexibility index (Phi) is 6.23. The van der Waals surface area contributed by atoms with Crippen molar-refractivity contribution in [1.82, 2.24) is 14.9 Å². The van der Waals surface area contributed by atoms with Crippen molar-refractivity contribution < 1.29 is 23.8 Å². The van der Waals surface area contributed by atoms with Crippen LogP contribution in [0.3, 0.4) is 0 Å². The van der Waals surface area contributed by atoms with E-state index in [0.29, 0.717) is 13.1 Å². The van der Waals surface area contributed by atoms with Gasteiger partial charge in [0, 0.05) is 25.3 Å². The lowest BCUT2D eigenvalue weighted by atomic mass is 10.0. The molecule has 3 rings (SSSR count). The smallest absolute Gasteiger partial charge is 0.317 e. The fourth-order valence-corrected chi connectivity index (χ4v) is 3.25. The number of methoxy groups -OCH3 is 1. The number of aliphatic carboxylic acids is 1. The number of carboxylic acid groups (broad SMARTS) is 1. The minimum Gasteiger partial charge on any atom is -0.496 e. The normalized spacial score (nSPS) is 15.1. The van der Waals surface area contributed by atoms with E-state index in [9.17, 15) is 14.0 Å². The van der Waals surface area contributed by atoms with Crippen LogP contribution in [0, 0.1) is 5.82 Å². The number of halogens is 1. The largest absolute Gasteiger partial charge is 0.496 e. The number of likely N-dealkylation sites (tertiary alicyclic amines) is 1. The van der Waals surface area contributed by atoms with Crippen LogP contribution in [0.25, 0.3) is 0 Å². The summed E-state index contributed by atoms with van der Waals surface area (Å²) in [5.74, 6) is -1.47. The maximum absolute atomic E-state index is 13.6. The lowest BCUT2D eigenvalue weighted by Gasteiger charge is -2.31. The SMILES string of the molecule is COc1ccc(F)cc1C(=O)c1cnc(NC2CCN(CC(=O)O)CC2)nc1N. The Morgan fingerprint density at radius 2 is 2.07 bits per heavy atom. The van der Waals surface area contributed by atoms with E-state index in [1.807, 2.05) is 4.90 Å². The molecule has 1 aromatic carbocycles. The van der Waals surface area contributed by atoms with E-state index in [0.717, 1.165) is 18.9 Å². The molecule has 2 aromatic rings. The average Bonchev–Trinajstić information content (AvgIpc) is 2.69. The molecule has 4 N–H and O–H groups in total. The van der Waals surface area contributed by atoms with Gasteiger partial charge in [0.15, 0.2) is 0 Å². The van der Waals surface area contributed by atoms with E-state index in [-0.39, 0.29) is 41.2 Å².